The first-order valence-corrected chi connectivity index (χ1v) is 10.7. The van der Waals surface area contributed by atoms with E-state index in [1.54, 1.807) is 11.8 Å². The van der Waals surface area contributed by atoms with E-state index >= 15 is 0 Å². The summed E-state index contributed by atoms with van der Waals surface area (Å²) in [6, 6.07) is 2.59. The number of thiophene rings is 1. The maximum atomic E-state index is 13.4. The summed E-state index contributed by atoms with van der Waals surface area (Å²) in [7, 11) is 0. The van der Waals surface area contributed by atoms with Gasteiger partial charge in [-0.3, -0.25) is 19.0 Å². The summed E-state index contributed by atoms with van der Waals surface area (Å²) < 4.78 is 41.1. The second kappa shape index (κ2) is 8.73. The summed E-state index contributed by atoms with van der Waals surface area (Å²) in [5, 5.41) is 2.56. The van der Waals surface area contributed by atoms with Crippen molar-refractivity contribution in [2.75, 3.05) is 18.4 Å². The Balaban J connectivity index is 1.57. The quantitative estimate of drug-likeness (QED) is 0.643. The lowest BCUT2D eigenvalue weighted by molar-refractivity contribution is -0.116. The van der Waals surface area contributed by atoms with Crippen LogP contribution in [0.3, 0.4) is 0 Å². The smallest absolute Gasteiger partial charge is 0.264 e. The minimum absolute atomic E-state index is 0.0776. The number of aromatic nitrogens is 2. The monoisotopic (exact) mass is 464 g/mol. The molecule has 0 spiro atoms. The number of alkyl halides is 1. The Morgan fingerprint density at radius 1 is 1.19 bits per heavy atom. The normalized spacial score (nSPS) is 14.7. The molecule has 168 valence electrons. The maximum absolute atomic E-state index is 13.4. The van der Waals surface area contributed by atoms with Crippen LogP contribution in [0.15, 0.2) is 29.3 Å². The van der Waals surface area contributed by atoms with Crippen molar-refractivity contribution in [1.82, 2.24) is 14.5 Å². The first kappa shape index (κ1) is 22.0. The van der Waals surface area contributed by atoms with Crippen molar-refractivity contribution in [2.45, 2.75) is 32.5 Å². The summed E-state index contributed by atoms with van der Waals surface area (Å²) in [5.41, 5.74) is -0.131. The van der Waals surface area contributed by atoms with Gasteiger partial charge in [-0.05, 0) is 37.5 Å². The van der Waals surface area contributed by atoms with Crippen molar-refractivity contribution in [3.8, 4) is 0 Å². The van der Waals surface area contributed by atoms with Crippen molar-refractivity contribution >= 4 is 39.1 Å². The van der Waals surface area contributed by atoms with Crippen LogP contribution in [0.5, 0.6) is 0 Å². The number of hydrogen-bond acceptors (Lipinski definition) is 5. The van der Waals surface area contributed by atoms with Gasteiger partial charge in [0.25, 0.3) is 11.5 Å². The number of hydrogen-bond donors (Lipinski definition) is 1. The summed E-state index contributed by atoms with van der Waals surface area (Å²) in [6.45, 7) is 1.83. The zero-order valence-corrected chi connectivity index (χ0v) is 17.8. The van der Waals surface area contributed by atoms with Gasteiger partial charge in [-0.15, -0.1) is 11.3 Å². The van der Waals surface area contributed by atoms with Crippen LogP contribution in [0.1, 0.15) is 28.1 Å². The van der Waals surface area contributed by atoms with E-state index in [0.717, 1.165) is 28.0 Å². The number of piperidine rings is 1. The predicted molar refractivity (Wildman–Crippen MR) is 114 cm³/mol. The van der Waals surface area contributed by atoms with Gasteiger partial charge >= 0.3 is 0 Å². The zero-order chi connectivity index (χ0) is 23.0. The molecule has 32 heavy (non-hydrogen) atoms. The van der Waals surface area contributed by atoms with Crippen molar-refractivity contribution in [1.29, 1.82) is 0 Å². The highest BCUT2D eigenvalue weighted by Gasteiger charge is 2.27. The number of fused-ring (bicyclic) bond motifs is 1. The molecule has 0 unspecified atom stereocenters. The van der Waals surface area contributed by atoms with Gasteiger partial charge in [0.2, 0.25) is 5.91 Å². The molecule has 7 nitrogen and oxygen atoms in total. The Labute approximate surface area is 184 Å². The third-order valence-electron chi connectivity index (χ3n) is 5.28. The van der Waals surface area contributed by atoms with Gasteiger partial charge in [0, 0.05) is 24.8 Å². The molecule has 3 aromatic rings. The van der Waals surface area contributed by atoms with Gasteiger partial charge in [0.1, 0.15) is 29.2 Å². The Bertz CT molecular complexity index is 1240. The van der Waals surface area contributed by atoms with E-state index in [-0.39, 0.29) is 29.8 Å². The predicted octanol–water partition coefficient (Wildman–Crippen LogP) is 3.26. The number of carbonyl (C=O) groups excluding carboxylic acids is 2. The van der Waals surface area contributed by atoms with E-state index in [0.29, 0.717) is 34.4 Å². The number of nitrogens with one attached hydrogen (secondary N) is 1. The highest BCUT2D eigenvalue weighted by Crippen LogP contribution is 2.29. The molecule has 4 rings (SSSR count). The molecule has 3 heterocycles. The number of benzene rings is 1. The van der Waals surface area contributed by atoms with Crippen LogP contribution < -0.4 is 10.9 Å². The second-order valence-electron chi connectivity index (χ2n) is 7.59. The molecule has 1 aliphatic heterocycles. The number of halogens is 3. The fraction of sp³-hybridized carbons (Fsp3) is 0.333. The van der Waals surface area contributed by atoms with Crippen LogP contribution >= 0.6 is 11.3 Å². The van der Waals surface area contributed by atoms with Gasteiger partial charge in [0.05, 0.1) is 16.6 Å². The largest absolute Gasteiger partial charge is 0.338 e. The molecular weight excluding hydrogens is 445 g/mol. The average molecular weight is 464 g/mol. The number of likely N-dealkylation sites (tertiary alicyclic amines) is 1. The number of anilines is 1. The van der Waals surface area contributed by atoms with Crippen LogP contribution in [0.4, 0.5) is 18.9 Å². The molecule has 0 atom stereocenters. The molecule has 1 fully saturated rings. The standard InChI is InChI=1S/C21H19F3N4O3S/c1-11-17-19(32-18(11)21(31)27-4-2-12(22)3-5-27)25-10-28(20(17)30)9-16(29)26-15-7-13(23)6-14(24)8-15/h6-8,10,12H,2-5,9H2,1H3,(H,26,29). The lowest BCUT2D eigenvalue weighted by Gasteiger charge is -2.28. The van der Waals surface area contributed by atoms with Gasteiger partial charge in [-0.1, -0.05) is 0 Å². The minimum atomic E-state index is -0.911. The third-order valence-corrected chi connectivity index (χ3v) is 6.47. The molecule has 1 aliphatic rings. The lowest BCUT2D eigenvalue weighted by Crippen LogP contribution is -2.38. The summed E-state index contributed by atoms with van der Waals surface area (Å²) in [5.74, 6) is -2.63. The van der Waals surface area contributed by atoms with Crippen LogP contribution in [-0.2, 0) is 11.3 Å². The highest BCUT2D eigenvalue weighted by atomic mass is 32.1. The van der Waals surface area contributed by atoms with Crippen molar-refractivity contribution in [3.05, 3.63) is 57.0 Å². The van der Waals surface area contributed by atoms with E-state index in [4.69, 9.17) is 0 Å². The Morgan fingerprint density at radius 3 is 2.50 bits per heavy atom. The molecule has 1 aromatic carbocycles. The third kappa shape index (κ3) is 4.38. The molecule has 0 aliphatic carbocycles. The van der Waals surface area contributed by atoms with Gasteiger partial charge < -0.3 is 10.2 Å². The second-order valence-corrected chi connectivity index (χ2v) is 8.59. The Morgan fingerprint density at radius 2 is 1.84 bits per heavy atom. The first-order valence-electron chi connectivity index (χ1n) is 9.90. The fourth-order valence-electron chi connectivity index (χ4n) is 3.65. The molecule has 0 saturated carbocycles. The number of carbonyl (C=O) groups is 2. The number of aryl methyl sites for hydroxylation is 1. The minimum Gasteiger partial charge on any atom is -0.338 e. The molecule has 1 saturated heterocycles. The van der Waals surface area contributed by atoms with E-state index < -0.39 is 35.8 Å². The molecule has 0 bridgehead atoms. The topological polar surface area (TPSA) is 84.3 Å². The van der Waals surface area contributed by atoms with E-state index in [2.05, 4.69) is 10.3 Å². The van der Waals surface area contributed by atoms with Crippen molar-refractivity contribution in [2.24, 2.45) is 0 Å². The summed E-state index contributed by atoms with van der Waals surface area (Å²) in [6.07, 6.45) is 0.845. The van der Waals surface area contributed by atoms with Gasteiger partial charge in [-0.25, -0.2) is 18.2 Å². The Kier molecular flexibility index (Phi) is 6.00. The van der Waals surface area contributed by atoms with Gasteiger partial charge in [0.15, 0.2) is 0 Å². The van der Waals surface area contributed by atoms with E-state index in [9.17, 15) is 27.6 Å². The van der Waals surface area contributed by atoms with Crippen LogP contribution in [-0.4, -0.2) is 45.5 Å². The van der Waals surface area contributed by atoms with E-state index in [1.165, 1.54) is 6.33 Å². The Hall–Kier alpha value is -3.21. The average Bonchev–Trinajstić information content (AvgIpc) is 3.06. The number of nitrogens with zero attached hydrogens (tertiary/aromatic N) is 3. The van der Waals surface area contributed by atoms with Crippen LogP contribution in [0.25, 0.3) is 10.2 Å². The highest BCUT2D eigenvalue weighted by molar-refractivity contribution is 7.20. The zero-order valence-electron chi connectivity index (χ0n) is 17.0. The van der Waals surface area contributed by atoms with Crippen molar-refractivity contribution < 1.29 is 22.8 Å². The molecular formula is C21H19F3N4O3S. The SMILES string of the molecule is Cc1c(C(=O)N2CCC(F)CC2)sc2ncn(CC(=O)Nc3cc(F)cc(F)c3)c(=O)c12. The molecule has 2 amide bonds. The van der Waals surface area contributed by atoms with Crippen LogP contribution in [0, 0.1) is 18.6 Å². The molecule has 11 heteroatoms. The first-order chi connectivity index (χ1) is 15.2. The van der Waals surface area contributed by atoms with Crippen molar-refractivity contribution in [3.63, 3.8) is 0 Å². The molecule has 2 aromatic heterocycles. The molecule has 1 N–H and O–H groups in total. The van der Waals surface area contributed by atoms with E-state index in [1.807, 2.05) is 0 Å². The van der Waals surface area contributed by atoms with Crippen LogP contribution in [0.2, 0.25) is 0 Å². The van der Waals surface area contributed by atoms with Gasteiger partial charge in [-0.2, -0.15) is 0 Å². The lowest BCUT2D eigenvalue weighted by atomic mass is 10.1. The summed E-state index contributed by atoms with van der Waals surface area (Å²) >= 11 is 1.08. The number of amides is 2. The fourth-order valence-corrected chi connectivity index (χ4v) is 4.76. The summed E-state index contributed by atoms with van der Waals surface area (Å²) in [4.78, 5) is 44.6. The maximum Gasteiger partial charge on any atom is 0.264 e. The number of rotatable bonds is 4. The molecule has 0 radical (unpaired) electrons.